The molecule has 0 amide bonds. The Bertz CT molecular complexity index is 411. The topological polar surface area (TPSA) is 41.5 Å². The molecule has 1 saturated carbocycles. The Morgan fingerprint density at radius 3 is 2.45 bits per heavy atom. The first-order valence-corrected chi connectivity index (χ1v) is 7.05. The monoisotopic (exact) mass is 285 g/mol. The number of benzene rings is 1. The van der Waals surface area contributed by atoms with Gasteiger partial charge >= 0.3 is 6.61 Å². The molecule has 2 N–H and O–H groups in total. The molecule has 3 atom stereocenters. The van der Waals surface area contributed by atoms with Crippen LogP contribution in [0.15, 0.2) is 24.3 Å². The van der Waals surface area contributed by atoms with E-state index in [1.54, 1.807) is 12.1 Å². The van der Waals surface area contributed by atoms with Crippen molar-refractivity contribution in [2.75, 3.05) is 0 Å². The number of hydrogen-bond acceptors (Lipinski definition) is 3. The molecule has 3 nitrogen and oxygen atoms in total. The molecule has 1 fully saturated rings. The van der Waals surface area contributed by atoms with Crippen LogP contribution in [0.3, 0.4) is 0 Å². The summed E-state index contributed by atoms with van der Waals surface area (Å²) in [5.74, 6) is 0.161. The first kappa shape index (κ1) is 15.2. The van der Waals surface area contributed by atoms with Gasteiger partial charge in [0.15, 0.2) is 0 Å². The van der Waals surface area contributed by atoms with Crippen molar-refractivity contribution in [3.05, 3.63) is 29.8 Å². The van der Waals surface area contributed by atoms with Gasteiger partial charge in [0.1, 0.15) is 5.75 Å². The summed E-state index contributed by atoms with van der Waals surface area (Å²) in [6, 6.07) is 6.78. The number of alkyl halides is 2. The van der Waals surface area contributed by atoms with E-state index in [4.69, 9.17) is 0 Å². The number of hydrogen-bond donors (Lipinski definition) is 2. The predicted octanol–water partition coefficient (Wildman–Crippen LogP) is 3.24. The summed E-state index contributed by atoms with van der Waals surface area (Å²) in [5, 5.41) is 13.3. The molecule has 1 aromatic rings. The van der Waals surface area contributed by atoms with Crippen LogP contribution < -0.4 is 10.1 Å². The number of aliphatic hydroxyl groups excluding tert-OH is 1. The molecule has 0 spiro atoms. The van der Waals surface area contributed by atoms with Gasteiger partial charge in [-0.25, -0.2) is 0 Å². The third kappa shape index (κ3) is 4.15. The van der Waals surface area contributed by atoms with Gasteiger partial charge in [-0.15, -0.1) is 0 Å². The van der Waals surface area contributed by atoms with E-state index < -0.39 is 6.61 Å². The number of aliphatic hydroxyl groups is 1. The zero-order chi connectivity index (χ0) is 14.5. The maximum Gasteiger partial charge on any atom is 0.387 e. The molecular formula is C15H21F2NO2. The van der Waals surface area contributed by atoms with Gasteiger partial charge in [-0.2, -0.15) is 8.78 Å². The third-order valence-electron chi connectivity index (χ3n) is 3.80. The number of rotatable bonds is 5. The highest BCUT2D eigenvalue weighted by molar-refractivity contribution is 5.29. The first-order chi connectivity index (χ1) is 9.56. The summed E-state index contributed by atoms with van der Waals surface area (Å²) in [7, 11) is 0. The van der Waals surface area contributed by atoms with Gasteiger partial charge in [0.05, 0.1) is 6.10 Å². The summed E-state index contributed by atoms with van der Waals surface area (Å²) >= 11 is 0. The summed E-state index contributed by atoms with van der Waals surface area (Å²) < 4.78 is 28.5. The Hall–Kier alpha value is -1.20. The average Bonchev–Trinajstić information content (AvgIpc) is 2.41. The second-order valence-corrected chi connectivity index (χ2v) is 5.29. The SMILES string of the molecule is CC(NC1CCCCC1O)c1ccc(OC(F)F)cc1. The van der Waals surface area contributed by atoms with Crippen LogP contribution in [0.25, 0.3) is 0 Å². The van der Waals surface area contributed by atoms with Crippen LogP contribution in [0.2, 0.25) is 0 Å². The van der Waals surface area contributed by atoms with Gasteiger partial charge in [0, 0.05) is 12.1 Å². The molecule has 0 bridgehead atoms. The molecule has 1 aliphatic carbocycles. The van der Waals surface area contributed by atoms with Crippen LogP contribution in [0, 0.1) is 0 Å². The van der Waals surface area contributed by atoms with Crippen molar-refractivity contribution < 1.29 is 18.6 Å². The van der Waals surface area contributed by atoms with Gasteiger partial charge < -0.3 is 15.2 Å². The van der Waals surface area contributed by atoms with Gasteiger partial charge in [0.2, 0.25) is 0 Å². The minimum Gasteiger partial charge on any atom is -0.435 e. The Labute approximate surface area is 117 Å². The molecule has 0 aromatic heterocycles. The van der Waals surface area contributed by atoms with Gasteiger partial charge in [0.25, 0.3) is 0 Å². The summed E-state index contributed by atoms with van der Waals surface area (Å²) in [4.78, 5) is 0. The standard InChI is InChI=1S/C15H21F2NO2/c1-10(18-13-4-2-3-5-14(13)19)11-6-8-12(9-7-11)20-15(16)17/h6-10,13-15,18-19H,2-5H2,1H3. The van der Waals surface area contributed by atoms with Crippen molar-refractivity contribution in [3.8, 4) is 5.75 Å². The third-order valence-corrected chi connectivity index (χ3v) is 3.80. The fraction of sp³-hybridized carbons (Fsp3) is 0.600. The molecule has 5 heteroatoms. The van der Waals surface area contributed by atoms with Crippen LogP contribution in [-0.4, -0.2) is 23.9 Å². The Morgan fingerprint density at radius 1 is 1.20 bits per heavy atom. The molecule has 1 aliphatic rings. The van der Waals surface area contributed by atoms with E-state index in [9.17, 15) is 13.9 Å². The molecule has 20 heavy (non-hydrogen) atoms. The van der Waals surface area contributed by atoms with E-state index >= 15 is 0 Å². The second kappa shape index (κ2) is 6.99. The van der Waals surface area contributed by atoms with E-state index in [0.717, 1.165) is 31.2 Å². The van der Waals surface area contributed by atoms with Crippen LogP contribution in [0.1, 0.15) is 44.2 Å². The quantitative estimate of drug-likeness (QED) is 0.872. The van der Waals surface area contributed by atoms with Crippen LogP contribution in [0.4, 0.5) is 8.78 Å². The normalized spacial score (nSPS) is 24.6. The Balaban J connectivity index is 1.93. The largest absolute Gasteiger partial charge is 0.435 e. The predicted molar refractivity (Wildman–Crippen MR) is 72.9 cm³/mol. The summed E-state index contributed by atoms with van der Waals surface area (Å²) in [6.45, 7) is -0.793. The molecular weight excluding hydrogens is 264 g/mol. The van der Waals surface area contributed by atoms with E-state index in [-0.39, 0.29) is 23.9 Å². The smallest absolute Gasteiger partial charge is 0.387 e. The van der Waals surface area contributed by atoms with E-state index in [1.165, 1.54) is 12.1 Å². The lowest BCUT2D eigenvalue weighted by Crippen LogP contribution is -2.43. The highest BCUT2D eigenvalue weighted by Gasteiger charge is 2.24. The Kier molecular flexibility index (Phi) is 5.31. The van der Waals surface area contributed by atoms with Crippen molar-refractivity contribution in [1.29, 1.82) is 0 Å². The minimum absolute atomic E-state index is 0.0633. The van der Waals surface area contributed by atoms with E-state index in [1.807, 2.05) is 6.92 Å². The maximum atomic E-state index is 12.1. The van der Waals surface area contributed by atoms with Gasteiger partial charge in [-0.05, 0) is 37.5 Å². The summed E-state index contributed by atoms with van der Waals surface area (Å²) in [6.07, 6.45) is 3.72. The maximum absolute atomic E-state index is 12.1. The number of halogens is 2. The molecule has 0 heterocycles. The Morgan fingerprint density at radius 2 is 1.85 bits per heavy atom. The van der Waals surface area contributed by atoms with Gasteiger partial charge in [-0.3, -0.25) is 0 Å². The highest BCUT2D eigenvalue weighted by atomic mass is 19.3. The first-order valence-electron chi connectivity index (χ1n) is 7.05. The van der Waals surface area contributed by atoms with Crippen molar-refractivity contribution in [1.82, 2.24) is 5.32 Å². The number of nitrogens with one attached hydrogen (secondary N) is 1. The molecule has 3 unspecified atom stereocenters. The number of ether oxygens (including phenoxy) is 1. The van der Waals surface area contributed by atoms with Crippen molar-refractivity contribution in [2.45, 2.75) is 57.4 Å². The van der Waals surface area contributed by atoms with Gasteiger partial charge in [-0.1, -0.05) is 25.0 Å². The molecule has 0 radical (unpaired) electrons. The second-order valence-electron chi connectivity index (χ2n) is 5.29. The zero-order valence-corrected chi connectivity index (χ0v) is 11.6. The van der Waals surface area contributed by atoms with Crippen LogP contribution >= 0.6 is 0 Å². The lowest BCUT2D eigenvalue weighted by Gasteiger charge is -2.31. The zero-order valence-electron chi connectivity index (χ0n) is 11.6. The molecule has 2 rings (SSSR count). The fourth-order valence-corrected chi connectivity index (χ4v) is 2.66. The fourth-order valence-electron chi connectivity index (χ4n) is 2.66. The van der Waals surface area contributed by atoms with E-state index in [2.05, 4.69) is 10.1 Å². The molecule has 0 saturated heterocycles. The van der Waals surface area contributed by atoms with E-state index in [0.29, 0.717) is 0 Å². The molecule has 112 valence electrons. The van der Waals surface area contributed by atoms with Crippen LogP contribution in [-0.2, 0) is 0 Å². The van der Waals surface area contributed by atoms with Crippen molar-refractivity contribution >= 4 is 0 Å². The average molecular weight is 285 g/mol. The summed E-state index contributed by atoms with van der Waals surface area (Å²) in [5.41, 5.74) is 0.990. The molecule has 0 aliphatic heterocycles. The lowest BCUT2D eigenvalue weighted by atomic mass is 9.91. The van der Waals surface area contributed by atoms with Crippen LogP contribution in [0.5, 0.6) is 5.75 Å². The highest BCUT2D eigenvalue weighted by Crippen LogP contribution is 2.23. The molecule has 1 aromatic carbocycles. The minimum atomic E-state index is -2.80. The lowest BCUT2D eigenvalue weighted by molar-refractivity contribution is -0.0498. The van der Waals surface area contributed by atoms with Crippen molar-refractivity contribution in [2.24, 2.45) is 0 Å². The van der Waals surface area contributed by atoms with Crippen molar-refractivity contribution in [3.63, 3.8) is 0 Å².